The van der Waals surface area contributed by atoms with Gasteiger partial charge in [0.05, 0.1) is 11.5 Å². The van der Waals surface area contributed by atoms with Crippen LogP contribution in [0.15, 0.2) is 5.16 Å². The topological polar surface area (TPSA) is 54.5 Å². The molecule has 1 heterocycles. The van der Waals surface area contributed by atoms with Gasteiger partial charge >= 0.3 is 0 Å². The Bertz CT molecular complexity index is 506. The van der Waals surface area contributed by atoms with Gasteiger partial charge < -0.3 is 4.57 Å². The van der Waals surface area contributed by atoms with Crippen LogP contribution in [0.3, 0.4) is 0 Å². The van der Waals surface area contributed by atoms with Crippen LogP contribution in [0, 0.1) is 16.7 Å². The van der Waals surface area contributed by atoms with E-state index in [-0.39, 0.29) is 5.41 Å². The molecule has 19 heavy (non-hydrogen) atoms. The summed E-state index contributed by atoms with van der Waals surface area (Å²) in [6.45, 7) is 3.99. The van der Waals surface area contributed by atoms with Gasteiger partial charge in [-0.2, -0.15) is 5.26 Å². The summed E-state index contributed by atoms with van der Waals surface area (Å²) < 4.78 is 2.38. The van der Waals surface area contributed by atoms with Gasteiger partial charge in [-0.15, -0.1) is 10.2 Å². The third-order valence-corrected chi connectivity index (χ3v) is 4.75. The van der Waals surface area contributed by atoms with Gasteiger partial charge in [0.15, 0.2) is 5.16 Å². The van der Waals surface area contributed by atoms with E-state index in [0.717, 1.165) is 17.3 Å². The third-order valence-electron chi connectivity index (χ3n) is 3.81. The molecular weight excluding hydrogens is 256 g/mol. The van der Waals surface area contributed by atoms with Crippen LogP contribution in [0.1, 0.15) is 63.7 Å². The molecule has 2 fully saturated rings. The molecule has 0 aromatic carbocycles. The van der Waals surface area contributed by atoms with Crippen LogP contribution < -0.4 is 0 Å². The first kappa shape index (κ1) is 13.0. The zero-order valence-electron chi connectivity index (χ0n) is 11.6. The summed E-state index contributed by atoms with van der Waals surface area (Å²) in [5.74, 6) is 2.82. The zero-order chi connectivity index (χ0) is 13.5. The molecule has 0 amide bonds. The molecular formula is C14H20N4S. The maximum atomic E-state index is 9.04. The van der Waals surface area contributed by atoms with Crippen molar-refractivity contribution < 1.29 is 0 Å². The molecule has 2 saturated carbocycles. The van der Waals surface area contributed by atoms with Crippen LogP contribution in [-0.2, 0) is 0 Å². The minimum atomic E-state index is -0.239. The summed E-state index contributed by atoms with van der Waals surface area (Å²) in [4.78, 5) is 0. The molecule has 0 bridgehead atoms. The lowest BCUT2D eigenvalue weighted by molar-refractivity contribution is 0.481. The Balaban J connectivity index is 1.66. The maximum absolute atomic E-state index is 9.04. The molecule has 0 radical (unpaired) electrons. The van der Waals surface area contributed by atoms with E-state index in [2.05, 4.69) is 20.8 Å². The van der Waals surface area contributed by atoms with Crippen LogP contribution >= 0.6 is 11.8 Å². The van der Waals surface area contributed by atoms with Gasteiger partial charge in [-0.25, -0.2) is 0 Å². The number of nitrogens with zero attached hydrogens (tertiary/aromatic N) is 4. The predicted molar refractivity (Wildman–Crippen MR) is 75.0 cm³/mol. The Morgan fingerprint density at radius 2 is 2.05 bits per heavy atom. The van der Waals surface area contributed by atoms with E-state index >= 15 is 0 Å². The summed E-state index contributed by atoms with van der Waals surface area (Å²) in [5, 5.41) is 18.9. The Morgan fingerprint density at radius 3 is 2.63 bits per heavy atom. The molecule has 0 spiro atoms. The average molecular weight is 276 g/mol. The quantitative estimate of drug-likeness (QED) is 0.746. The molecule has 0 N–H and O–H groups in total. The Hall–Kier alpha value is -1.02. The molecule has 0 unspecified atom stereocenters. The van der Waals surface area contributed by atoms with Crippen molar-refractivity contribution in [2.45, 2.75) is 63.1 Å². The molecule has 0 atom stereocenters. The van der Waals surface area contributed by atoms with Gasteiger partial charge in [0.2, 0.25) is 0 Å². The zero-order valence-corrected chi connectivity index (χ0v) is 12.4. The van der Waals surface area contributed by atoms with Crippen molar-refractivity contribution in [1.82, 2.24) is 14.8 Å². The van der Waals surface area contributed by atoms with Crippen LogP contribution in [0.5, 0.6) is 0 Å². The van der Waals surface area contributed by atoms with Crippen molar-refractivity contribution in [3.63, 3.8) is 0 Å². The standard InChI is InChI=1S/C14H20N4S/c1-14(2,9-15)7-8-19-13-17-16-12(10-3-4-10)18(13)11-5-6-11/h10-11H,3-8H2,1-2H3. The second-order valence-electron chi connectivity index (χ2n) is 6.31. The highest BCUT2D eigenvalue weighted by molar-refractivity contribution is 7.99. The van der Waals surface area contributed by atoms with Crippen LogP contribution in [0.2, 0.25) is 0 Å². The first-order chi connectivity index (χ1) is 9.11. The van der Waals surface area contributed by atoms with Crippen molar-refractivity contribution in [3.05, 3.63) is 5.82 Å². The van der Waals surface area contributed by atoms with Crippen LogP contribution in [-0.4, -0.2) is 20.5 Å². The third kappa shape index (κ3) is 2.94. The van der Waals surface area contributed by atoms with E-state index in [1.165, 1.54) is 31.5 Å². The van der Waals surface area contributed by atoms with Gasteiger partial charge in [0, 0.05) is 17.7 Å². The number of hydrogen-bond donors (Lipinski definition) is 0. The molecule has 4 nitrogen and oxygen atoms in total. The van der Waals surface area contributed by atoms with E-state index in [0.29, 0.717) is 12.0 Å². The number of aromatic nitrogens is 3. The Kier molecular flexibility index (Phi) is 3.30. The summed E-state index contributed by atoms with van der Waals surface area (Å²) in [6.07, 6.45) is 5.99. The number of nitriles is 1. The summed E-state index contributed by atoms with van der Waals surface area (Å²) in [6, 6.07) is 3.00. The smallest absolute Gasteiger partial charge is 0.191 e. The lowest BCUT2D eigenvalue weighted by atomic mass is 9.93. The monoisotopic (exact) mass is 276 g/mol. The van der Waals surface area contributed by atoms with Crippen molar-refractivity contribution >= 4 is 11.8 Å². The highest BCUT2D eigenvalue weighted by atomic mass is 32.2. The predicted octanol–water partition coefficient (Wildman–Crippen LogP) is 3.52. The van der Waals surface area contributed by atoms with Gasteiger partial charge in [-0.05, 0) is 46.0 Å². The van der Waals surface area contributed by atoms with E-state index in [9.17, 15) is 0 Å². The van der Waals surface area contributed by atoms with Crippen molar-refractivity contribution in [2.75, 3.05) is 5.75 Å². The van der Waals surface area contributed by atoms with E-state index < -0.39 is 0 Å². The number of hydrogen-bond acceptors (Lipinski definition) is 4. The molecule has 5 heteroatoms. The minimum Gasteiger partial charge on any atom is -0.303 e. The average Bonchev–Trinajstić information content (AvgIpc) is 3.29. The summed E-state index contributed by atoms with van der Waals surface area (Å²) >= 11 is 1.76. The summed E-state index contributed by atoms with van der Waals surface area (Å²) in [5.41, 5.74) is -0.239. The van der Waals surface area contributed by atoms with Gasteiger partial charge in [0.1, 0.15) is 5.82 Å². The molecule has 102 valence electrons. The first-order valence-electron chi connectivity index (χ1n) is 7.09. The highest BCUT2D eigenvalue weighted by Gasteiger charge is 2.36. The first-order valence-corrected chi connectivity index (χ1v) is 8.08. The SMILES string of the molecule is CC(C)(C#N)CCSc1nnc(C2CC2)n1C1CC1. The van der Waals surface area contributed by atoms with E-state index in [1.807, 2.05) is 13.8 Å². The van der Waals surface area contributed by atoms with Gasteiger partial charge in [-0.1, -0.05) is 11.8 Å². The minimum absolute atomic E-state index is 0.239. The van der Waals surface area contributed by atoms with E-state index in [4.69, 9.17) is 5.26 Å². The number of rotatable bonds is 6. The van der Waals surface area contributed by atoms with Gasteiger partial charge in [0.25, 0.3) is 0 Å². The largest absolute Gasteiger partial charge is 0.303 e. The molecule has 1 aromatic rings. The van der Waals surface area contributed by atoms with Crippen LogP contribution in [0.25, 0.3) is 0 Å². The summed E-state index contributed by atoms with van der Waals surface area (Å²) in [7, 11) is 0. The Labute approximate surface area is 118 Å². The highest BCUT2D eigenvalue weighted by Crippen LogP contribution is 2.46. The van der Waals surface area contributed by atoms with Crippen molar-refractivity contribution in [2.24, 2.45) is 5.41 Å². The fourth-order valence-electron chi connectivity index (χ4n) is 2.14. The second-order valence-corrected chi connectivity index (χ2v) is 7.37. The molecule has 1 aromatic heterocycles. The normalized spacial score (nSPS) is 19.4. The Morgan fingerprint density at radius 1 is 1.32 bits per heavy atom. The maximum Gasteiger partial charge on any atom is 0.191 e. The molecule has 0 aliphatic heterocycles. The van der Waals surface area contributed by atoms with Gasteiger partial charge in [-0.3, -0.25) is 0 Å². The molecule has 2 aliphatic carbocycles. The second kappa shape index (κ2) is 4.82. The molecule has 2 aliphatic rings. The van der Waals surface area contributed by atoms with Crippen molar-refractivity contribution in [3.8, 4) is 6.07 Å². The fraction of sp³-hybridized carbons (Fsp3) is 0.786. The van der Waals surface area contributed by atoms with Crippen molar-refractivity contribution in [1.29, 1.82) is 5.26 Å². The molecule has 0 saturated heterocycles. The lowest BCUT2D eigenvalue weighted by Gasteiger charge is -2.14. The fourth-order valence-corrected chi connectivity index (χ4v) is 3.41. The lowest BCUT2D eigenvalue weighted by Crippen LogP contribution is -2.09. The number of thioether (sulfide) groups is 1. The molecule has 3 rings (SSSR count). The van der Waals surface area contributed by atoms with Crippen LogP contribution in [0.4, 0.5) is 0 Å². The van der Waals surface area contributed by atoms with E-state index in [1.54, 1.807) is 11.8 Å².